The van der Waals surface area contributed by atoms with Gasteiger partial charge in [0.1, 0.15) is 5.82 Å². The Morgan fingerprint density at radius 2 is 0.949 bits per heavy atom. The smallest absolute Gasteiger partial charge is 0.160 e. The molecule has 11 aromatic rings. The van der Waals surface area contributed by atoms with Crippen LogP contribution in [0, 0.1) is 0 Å². The van der Waals surface area contributed by atoms with Crippen LogP contribution in [0.2, 0.25) is 0 Å². The fraction of sp³-hybridized carbons (Fsp3) is 0.0370. The van der Waals surface area contributed by atoms with Gasteiger partial charge in [-0.25, -0.2) is 19.9 Å². The number of hydrogen-bond donors (Lipinski definition) is 0. The summed E-state index contributed by atoms with van der Waals surface area (Å²) in [5, 5.41) is 4.37. The molecule has 0 fully saturated rings. The molecule has 0 N–H and O–H groups in total. The highest BCUT2D eigenvalue weighted by atomic mass is 15.1. The van der Waals surface area contributed by atoms with E-state index in [1.54, 1.807) is 0 Å². The molecule has 59 heavy (non-hydrogen) atoms. The minimum Gasteiger partial charge on any atom is -0.296 e. The second-order valence-corrected chi connectivity index (χ2v) is 14.9. The molecule has 0 unspecified atom stereocenters. The maximum Gasteiger partial charge on any atom is 0.160 e. The molecular formula is C54H37N5. The van der Waals surface area contributed by atoms with E-state index in [1.165, 1.54) is 11.1 Å². The summed E-state index contributed by atoms with van der Waals surface area (Å²) in [7, 11) is 0. The van der Waals surface area contributed by atoms with Crippen molar-refractivity contribution in [2.75, 3.05) is 0 Å². The van der Waals surface area contributed by atoms with E-state index < -0.39 is 0 Å². The Bertz CT molecular complexity index is 3330. The van der Waals surface area contributed by atoms with Gasteiger partial charge in [0.2, 0.25) is 0 Å². The lowest BCUT2D eigenvalue weighted by Crippen LogP contribution is -1.99. The number of benzene rings is 8. The number of aryl methyl sites for hydroxylation is 1. The molecule has 0 atom stereocenters. The summed E-state index contributed by atoms with van der Waals surface area (Å²) < 4.78 is 2.29. The van der Waals surface area contributed by atoms with E-state index in [2.05, 4.69) is 193 Å². The summed E-state index contributed by atoms with van der Waals surface area (Å²) >= 11 is 0. The van der Waals surface area contributed by atoms with Crippen molar-refractivity contribution in [2.24, 2.45) is 0 Å². The Labute approximate surface area is 342 Å². The average molecular weight is 756 g/mol. The van der Waals surface area contributed by atoms with Crippen LogP contribution in [0.15, 0.2) is 194 Å². The molecule has 0 aliphatic rings. The highest BCUT2D eigenvalue weighted by Crippen LogP contribution is 2.39. The second kappa shape index (κ2) is 14.3. The molecule has 0 spiro atoms. The van der Waals surface area contributed by atoms with Crippen molar-refractivity contribution in [1.82, 2.24) is 24.5 Å². The molecule has 0 amide bonds. The minimum atomic E-state index is 0.696. The molecule has 0 aliphatic carbocycles. The maximum absolute atomic E-state index is 5.33. The van der Waals surface area contributed by atoms with Crippen LogP contribution in [-0.2, 0) is 6.42 Å². The number of imidazole rings is 1. The molecule has 3 aromatic heterocycles. The van der Waals surface area contributed by atoms with Crippen LogP contribution in [0.25, 0.3) is 105 Å². The van der Waals surface area contributed by atoms with E-state index in [-0.39, 0.29) is 0 Å². The van der Waals surface area contributed by atoms with E-state index in [9.17, 15) is 0 Å². The number of aromatic nitrogens is 5. The van der Waals surface area contributed by atoms with Crippen LogP contribution in [-0.4, -0.2) is 24.5 Å². The Balaban J connectivity index is 0.995. The van der Waals surface area contributed by atoms with Gasteiger partial charge in [-0.2, -0.15) is 0 Å². The van der Waals surface area contributed by atoms with Gasteiger partial charge in [-0.3, -0.25) is 4.57 Å². The van der Waals surface area contributed by atoms with Crippen LogP contribution in [0.1, 0.15) is 12.7 Å². The van der Waals surface area contributed by atoms with Crippen LogP contribution >= 0.6 is 0 Å². The second-order valence-electron chi connectivity index (χ2n) is 14.9. The van der Waals surface area contributed by atoms with E-state index in [0.29, 0.717) is 5.82 Å². The van der Waals surface area contributed by atoms with Gasteiger partial charge in [-0.05, 0) is 64.0 Å². The first kappa shape index (κ1) is 34.5. The zero-order valence-corrected chi connectivity index (χ0v) is 32.4. The summed E-state index contributed by atoms with van der Waals surface area (Å²) in [5.74, 6) is 1.72. The summed E-state index contributed by atoms with van der Waals surface area (Å²) in [5.41, 5.74) is 14.5. The fourth-order valence-corrected chi connectivity index (χ4v) is 8.48. The first-order valence-electron chi connectivity index (χ1n) is 20.1. The van der Waals surface area contributed by atoms with Gasteiger partial charge < -0.3 is 0 Å². The predicted molar refractivity (Wildman–Crippen MR) is 244 cm³/mol. The van der Waals surface area contributed by atoms with Gasteiger partial charge in [-0.1, -0.05) is 165 Å². The molecule has 5 heteroatoms. The van der Waals surface area contributed by atoms with Crippen molar-refractivity contribution in [3.8, 4) is 61.8 Å². The van der Waals surface area contributed by atoms with Gasteiger partial charge in [0.15, 0.2) is 5.82 Å². The van der Waals surface area contributed by atoms with Crippen LogP contribution in [0.4, 0.5) is 0 Å². The van der Waals surface area contributed by atoms with Crippen molar-refractivity contribution < 1.29 is 0 Å². The zero-order chi connectivity index (χ0) is 39.3. The van der Waals surface area contributed by atoms with Crippen LogP contribution in [0.5, 0.6) is 0 Å². The van der Waals surface area contributed by atoms with Crippen LogP contribution < -0.4 is 0 Å². The first-order chi connectivity index (χ1) is 29.2. The molecule has 5 nitrogen and oxygen atoms in total. The molecule has 278 valence electrons. The quantitative estimate of drug-likeness (QED) is 0.152. The largest absolute Gasteiger partial charge is 0.296 e. The van der Waals surface area contributed by atoms with Crippen LogP contribution in [0.3, 0.4) is 0 Å². The molecule has 0 radical (unpaired) electrons. The highest BCUT2D eigenvalue weighted by molar-refractivity contribution is 6.20. The van der Waals surface area contributed by atoms with Gasteiger partial charge in [0.25, 0.3) is 0 Å². The number of para-hydroxylation sites is 3. The first-order valence-corrected chi connectivity index (χ1v) is 20.1. The summed E-state index contributed by atoms with van der Waals surface area (Å²) in [4.78, 5) is 20.9. The topological polar surface area (TPSA) is 56.5 Å². The van der Waals surface area contributed by atoms with Gasteiger partial charge >= 0.3 is 0 Å². The number of rotatable bonds is 7. The molecule has 8 aromatic carbocycles. The van der Waals surface area contributed by atoms with E-state index in [0.717, 1.165) is 101 Å². The van der Waals surface area contributed by atoms with E-state index in [4.69, 9.17) is 19.9 Å². The predicted octanol–water partition coefficient (Wildman–Crippen LogP) is 13.6. The van der Waals surface area contributed by atoms with Gasteiger partial charge in [0.05, 0.1) is 33.5 Å². The monoisotopic (exact) mass is 755 g/mol. The average Bonchev–Trinajstić information content (AvgIpc) is 3.71. The molecule has 0 saturated heterocycles. The fourth-order valence-electron chi connectivity index (χ4n) is 8.48. The van der Waals surface area contributed by atoms with Crippen molar-refractivity contribution in [1.29, 1.82) is 0 Å². The SMILES string of the molecule is CCc1nc2c3c(-c4ccc(-c5cccc(-c6nc(-c7ccc(-c8ccccc8)cc7)c7ccccc7n6)c5)cc4)nc4ccccc4c3ccc2n1-c1ccccc1. The van der Waals surface area contributed by atoms with Crippen molar-refractivity contribution >= 4 is 43.6 Å². The van der Waals surface area contributed by atoms with Gasteiger partial charge in [0, 0.05) is 45.0 Å². The normalized spacial score (nSPS) is 11.5. The lowest BCUT2D eigenvalue weighted by molar-refractivity contribution is 0.908. The summed E-state index contributed by atoms with van der Waals surface area (Å²) in [6.45, 7) is 2.17. The maximum atomic E-state index is 5.33. The Morgan fingerprint density at radius 3 is 1.68 bits per heavy atom. The van der Waals surface area contributed by atoms with E-state index in [1.807, 2.05) is 12.1 Å². The number of pyridine rings is 1. The standard InChI is InChI=1S/C54H37N5/c1-2-49-57-53-48(59(49)42-18-7-4-8-19-42)33-32-44-43-20-9-11-22-46(43)55-52(50(44)53)39-30-26-37(27-31-39)40-16-13-17-41(34-40)54-56-47-23-12-10-21-45(47)51(58-54)38-28-24-36(25-29-38)35-14-5-3-6-15-35/h3-34H,2H2,1H3. The number of fused-ring (bicyclic) bond motifs is 6. The summed E-state index contributed by atoms with van der Waals surface area (Å²) in [6.07, 6.45) is 0.808. The van der Waals surface area contributed by atoms with E-state index >= 15 is 0 Å². The molecular weight excluding hydrogens is 719 g/mol. The van der Waals surface area contributed by atoms with Crippen molar-refractivity contribution in [3.05, 3.63) is 200 Å². The Morgan fingerprint density at radius 1 is 0.390 bits per heavy atom. The third-order valence-corrected chi connectivity index (χ3v) is 11.4. The molecule has 11 rings (SSSR count). The Hall–Kier alpha value is -7.76. The zero-order valence-electron chi connectivity index (χ0n) is 32.4. The molecule has 0 aliphatic heterocycles. The highest BCUT2D eigenvalue weighted by Gasteiger charge is 2.20. The van der Waals surface area contributed by atoms with Gasteiger partial charge in [-0.15, -0.1) is 0 Å². The Kier molecular flexibility index (Phi) is 8.37. The third kappa shape index (κ3) is 6.03. The molecule has 0 bridgehead atoms. The van der Waals surface area contributed by atoms with Crippen molar-refractivity contribution in [3.63, 3.8) is 0 Å². The molecule has 0 saturated carbocycles. The number of nitrogens with zero attached hydrogens (tertiary/aromatic N) is 5. The number of hydrogen-bond acceptors (Lipinski definition) is 4. The summed E-state index contributed by atoms with van der Waals surface area (Å²) in [6, 6.07) is 68.1. The molecule has 3 heterocycles. The third-order valence-electron chi connectivity index (χ3n) is 11.4. The lowest BCUT2D eigenvalue weighted by Gasteiger charge is -2.13. The van der Waals surface area contributed by atoms with Crippen molar-refractivity contribution in [2.45, 2.75) is 13.3 Å². The minimum absolute atomic E-state index is 0.696. The lowest BCUT2D eigenvalue weighted by atomic mass is 9.96.